The zero-order chi connectivity index (χ0) is 14.8. The van der Waals surface area contributed by atoms with Crippen molar-refractivity contribution in [2.24, 2.45) is 5.92 Å². The monoisotopic (exact) mass is 276 g/mol. The Morgan fingerprint density at radius 3 is 2.50 bits per heavy atom. The lowest BCUT2D eigenvalue weighted by Crippen LogP contribution is -2.52. The van der Waals surface area contributed by atoms with Crippen LogP contribution in [0.1, 0.15) is 25.8 Å². The molecule has 1 aromatic carbocycles. The van der Waals surface area contributed by atoms with Crippen molar-refractivity contribution in [2.45, 2.75) is 31.8 Å². The molecule has 0 bridgehead atoms. The first-order valence-electron chi connectivity index (χ1n) is 6.79. The fourth-order valence-electron chi connectivity index (χ4n) is 2.58. The number of hydrogen-bond acceptors (Lipinski definition) is 3. The summed E-state index contributed by atoms with van der Waals surface area (Å²) in [7, 11) is 0. The molecule has 20 heavy (non-hydrogen) atoms. The van der Waals surface area contributed by atoms with Crippen molar-refractivity contribution in [2.75, 3.05) is 6.54 Å². The summed E-state index contributed by atoms with van der Waals surface area (Å²) in [5.74, 6) is -1.45. The van der Waals surface area contributed by atoms with Gasteiger partial charge in [-0.3, -0.25) is 4.79 Å². The van der Waals surface area contributed by atoms with Gasteiger partial charge in [0, 0.05) is 6.04 Å². The van der Waals surface area contributed by atoms with Crippen LogP contribution in [0.4, 0.5) is 0 Å². The molecule has 5 nitrogen and oxygen atoms in total. The second-order valence-electron chi connectivity index (χ2n) is 5.42. The van der Waals surface area contributed by atoms with Gasteiger partial charge in [-0.1, -0.05) is 30.3 Å². The molecule has 1 saturated heterocycles. The minimum Gasteiger partial charge on any atom is -0.479 e. The van der Waals surface area contributed by atoms with Gasteiger partial charge in [-0.15, -0.1) is 0 Å². The van der Waals surface area contributed by atoms with Crippen molar-refractivity contribution in [1.82, 2.24) is 10.6 Å². The topological polar surface area (TPSA) is 78.4 Å². The van der Waals surface area contributed by atoms with Crippen molar-refractivity contribution >= 4 is 11.9 Å². The van der Waals surface area contributed by atoms with Crippen LogP contribution in [-0.4, -0.2) is 29.6 Å². The number of carbonyl (C=O) groups excluding carboxylic acids is 1. The summed E-state index contributed by atoms with van der Waals surface area (Å²) in [5, 5.41) is 15.4. The highest BCUT2D eigenvalue weighted by atomic mass is 16.4. The SMILES string of the molecule is CC1NCCC1C(=O)NC(C)(C(=O)O)c1ccccc1. The summed E-state index contributed by atoms with van der Waals surface area (Å²) >= 11 is 0. The van der Waals surface area contributed by atoms with E-state index < -0.39 is 11.5 Å². The Morgan fingerprint density at radius 1 is 1.35 bits per heavy atom. The van der Waals surface area contributed by atoms with Crippen molar-refractivity contribution in [3.05, 3.63) is 35.9 Å². The number of carboxylic acids is 1. The highest BCUT2D eigenvalue weighted by Crippen LogP contribution is 2.23. The van der Waals surface area contributed by atoms with Crippen LogP contribution in [0.2, 0.25) is 0 Å². The average molecular weight is 276 g/mol. The third kappa shape index (κ3) is 2.67. The maximum Gasteiger partial charge on any atom is 0.333 e. The summed E-state index contributed by atoms with van der Waals surface area (Å²) in [6, 6.07) is 8.85. The summed E-state index contributed by atoms with van der Waals surface area (Å²) in [6.07, 6.45) is 0.734. The fraction of sp³-hybridized carbons (Fsp3) is 0.467. The maximum absolute atomic E-state index is 12.3. The van der Waals surface area contributed by atoms with Crippen LogP contribution in [-0.2, 0) is 15.1 Å². The molecular weight excluding hydrogens is 256 g/mol. The Kier molecular flexibility index (Phi) is 4.09. The number of nitrogens with one attached hydrogen (secondary N) is 2. The zero-order valence-corrected chi connectivity index (χ0v) is 11.7. The molecule has 1 fully saturated rings. The second-order valence-corrected chi connectivity index (χ2v) is 5.42. The molecule has 108 valence electrons. The number of carboxylic acid groups (broad SMARTS) is 1. The Balaban J connectivity index is 2.22. The molecule has 3 N–H and O–H groups in total. The van der Waals surface area contributed by atoms with E-state index in [1.807, 2.05) is 13.0 Å². The van der Waals surface area contributed by atoms with E-state index in [-0.39, 0.29) is 17.9 Å². The first-order valence-corrected chi connectivity index (χ1v) is 6.79. The lowest BCUT2D eigenvalue weighted by Gasteiger charge is -2.29. The van der Waals surface area contributed by atoms with E-state index in [0.717, 1.165) is 13.0 Å². The van der Waals surface area contributed by atoms with E-state index >= 15 is 0 Å². The average Bonchev–Trinajstić information content (AvgIpc) is 2.85. The molecule has 1 heterocycles. The first-order chi connectivity index (χ1) is 9.45. The minimum absolute atomic E-state index is 0.0730. The molecular formula is C15H20N2O3. The number of amides is 1. The molecule has 1 aliphatic heterocycles. The van der Waals surface area contributed by atoms with Gasteiger partial charge in [0.2, 0.25) is 5.91 Å². The smallest absolute Gasteiger partial charge is 0.333 e. The highest BCUT2D eigenvalue weighted by Gasteiger charge is 2.40. The number of aliphatic carboxylic acids is 1. The van der Waals surface area contributed by atoms with Gasteiger partial charge in [-0.2, -0.15) is 0 Å². The molecule has 0 radical (unpaired) electrons. The summed E-state index contributed by atoms with van der Waals surface area (Å²) in [4.78, 5) is 24.0. The van der Waals surface area contributed by atoms with Crippen LogP contribution in [0, 0.1) is 5.92 Å². The van der Waals surface area contributed by atoms with Gasteiger partial charge in [0.1, 0.15) is 0 Å². The molecule has 3 atom stereocenters. The Hall–Kier alpha value is -1.88. The van der Waals surface area contributed by atoms with E-state index in [9.17, 15) is 14.7 Å². The molecule has 1 aliphatic rings. The molecule has 0 spiro atoms. The third-order valence-corrected chi connectivity index (χ3v) is 4.01. The molecule has 5 heteroatoms. The van der Waals surface area contributed by atoms with Gasteiger partial charge in [0.25, 0.3) is 0 Å². The van der Waals surface area contributed by atoms with Gasteiger partial charge < -0.3 is 15.7 Å². The van der Waals surface area contributed by atoms with Crippen LogP contribution in [0.25, 0.3) is 0 Å². The summed E-state index contributed by atoms with van der Waals surface area (Å²) < 4.78 is 0. The Morgan fingerprint density at radius 2 is 2.00 bits per heavy atom. The standard InChI is InChI=1S/C15H20N2O3/c1-10-12(8-9-16-10)13(18)17-15(2,14(19)20)11-6-4-3-5-7-11/h3-7,10,12,16H,8-9H2,1-2H3,(H,17,18)(H,19,20). The van der Waals surface area contributed by atoms with Crippen molar-refractivity contribution in [3.8, 4) is 0 Å². The van der Waals surface area contributed by atoms with Crippen LogP contribution >= 0.6 is 0 Å². The third-order valence-electron chi connectivity index (χ3n) is 4.01. The van der Waals surface area contributed by atoms with Crippen LogP contribution < -0.4 is 10.6 Å². The predicted molar refractivity (Wildman–Crippen MR) is 75.1 cm³/mol. The first kappa shape index (κ1) is 14.5. The van der Waals surface area contributed by atoms with E-state index in [2.05, 4.69) is 10.6 Å². The normalized spacial score (nSPS) is 24.9. The van der Waals surface area contributed by atoms with Gasteiger partial charge in [0.05, 0.1) is 5.92 Å². The summed E-state index contributed by atoms with van der Waals surface area (Å²) in [5.41, 5.74) is -0.833. The minimum atomic E-state index is -1.40. The van der Waals surface area contributed by atoms with Crippen molar-refractivity contribution in [1.29, 1.82) is 0 Å². The molecule has 2 rings (SSSR count). The maximum atomic E-state index is 12.3. The predicted octanol–water partition coefficient (Wildman–Crippen LogP) is 1.10. The van der Waals surface area contributed by atoms with Crippen molar-refractivity contribution in [3.63, 3.8) is 0 Å². The highest BCUT2D eigenvalue weighted by molar-refractivity contribution is 5.89. The van der Waals surface area contributed by atoms with Crippen molar-refractivity contribution < 1.29 is 14.7 Å². The van der Waals surface area contributed by atoms with E-state index in [4.69, 9.17) is 0 Å². The fourth-order valence-corrected chi connectivity index (χ4v) is 2.58. The zero-order valence-electron chi connectivity index (χ0n) is 11.7. The number of benzene rings is 1. The molecule has 0 saturated carbocycles. The van der Waals surface area contributed by atoms with Crippen LogP contribution in [0.15, 0.2) is 30.3 Å². The number of hydrogen-bond donors (Lipinski definition) is 3. The largest absolute Gasteiger partial charge is 0.479 e. The lowest BCUT2D eigenvalue weighted by atomic mass is 9.90. The number of carbonyl (C=O) groups is 2. The molecule has 1 amide bonds. The molecule has 3 unspecified atom stereocenters. The van der Waals surface area contributed by atoms with E-state index in [1.54, 1.807) is 24.3 Å². The number of rotatable bonds is 4. The van der Waals surface area contributed by atoms with E-state index in [0.29, 0.717) is 5.56 Å². The summed E-state index contributed by atoms with van der Waals surface area (Å²) in [6.45, 7) is 4.25. The van der Waals surface area contributed by atoms with Gasteiger partial charge >= 0.3 is 5.97 Å². The Bertz CT molecular complexity index is 503. The quantitative estimate of drug-likeness (QED) is 0.769. The van der Waals surface area contributed by atoms with Gasteiger partial charge in [0.15, 0.2) is 5.54 Å². The molecule has 1 aromatic rings. The second kappa shape index (κ2) is 5.63. The molecule has 0 aliphatic carbocycles. The lowest BCUT2D eigenvalue weighted by molar-refractivity contribution is -0.148. The molecule has 0 aromatic heterocycles. The Labute approximate surface area is 118 Å². The van der Waals surface area contributed by atoms with Gasteiger partial charge in [-0.25, -0.2) is 4.79 Å². The van der Waals surface area contributed by atoms with E-state index in [1.165, 1.54) is 6.92 Å². The van der Waals surface area contributed by atoms with Crippen LogP contribution in [0.5, 0.6) is 0 Å². The van der Waals surface area contributed by atoms with Crippen LogP contribution in [0.3, 0.4) is 0 Å². The van der Waals surface area contributed by atoms with Gasteiger partial charge in [-0.05, 0) is 32.4 Å².